The van der Waals surface area contributed by atoms with Gasteiger partial charge < -0.3 is 40.3 Å². The molecule has 3 unspecified atom stereocenters. The predicted octanol–water partition coefficient (Wildman–Crippen LogP) is -12.7. The molecule has 0 radical (unpaired) electrons. The molecule has 0 aliphatic heterocycles. The molecule has 0 aliphatic rings. The Hall–Kier alpha value is 3.12. The second-order valence-electron chi connectivity index (χ2n) is 12.2. The monoisotopic (exact) mass is 1590 g/mol. The molecule has 3 atom stereocenters. The van der Waals surface area contributed by atoms with Gasteiger partial charge in [0.15, 0.2) is 9.84 Å². The Kier molecular flexibility index (Phi) is 63.0. The van der Waals surface area contributed by atoms with Crippen LogP contribution in [0.5, 0.6) is 0 Å². The summed E-state index contributed by atoms with van der Waals surface area (Å²) in [5.41, 5.74) is 0. The molecule has 83 heavy (non-hydrogen) atoms. The van der Waals surface area contributed by atoms with E-state index in [1.54, 1.807) is 24.3 Å². The number of rotatable bonds is 9. The van der Waals surface area contributed by atoms with Gasteiger partial charge in [-0.15, -0.1) is 55.3 Å². The van der Waals surface area contributed by atoms with Crippen LogP contribution in [0, 0.1) is 6.07 Å². The van der Waals surface area contributed by atoms with Crippen LogP contribution in [0.3, 0.4) is 0 Å². The molecule has 436 valence electrons. The molecule has 6 aromatic rings. The summed E-state index contributed by atoms with van der Waals surface area (Å²) in [6, 6.07) is 29.6. The van der Waals surface area contributed by atoms with Crippen LogP contribution < -0.4 is 173 Å². The number of hydrogen-bond donors (Lipinski definition) is 3. The van der Waals surface area contributed by atoms with E-state index in [1.807, 2.05) is 0 Å². The van der Waals surface area contributed by atoms with Gasteiger partial charge >= 0.3 is 169 Å². The Morgan fingerprint density at radius 3 is 1.04 bits per heavy atom. The zero-order valence-corrected chi connectivity index (χ0v) is 68.9. The molecule has 20 nitrogen and oxygen atoms in total. The predicted molar refractivity (Wildman–Crippen MR) is 301 cm³/mol. The maximum Gasteiger partial charge on any atom is 1.00 e. The summed E-state index contributed by atoms with van der Waals surface area (Å²) in [6.07, 6.45) is 0. The van der Waals surface area contributed by atoms with E-state index in [0.29, 0.717) is 27.6 Å². The maximum atomic E-state index is 12.4. The number of thiol groups is 2. The third kappa shape index (κ3) is 42.9. The van der Waals surface area contributed by atoms with Gasteiger partial charge in [-0.1, -0.05) is 75.2 Å². The Labute approximate surface area is 661 Å². The minimum atomic E-state index is -4.88. The van der Waals surface area contributed by atoms with Crippen LogP contribution in [0.2, 0.25) is 30.1 Å². The van der Waals surface area contributed by atoms with Crippen LogP contribution in [0.1, 0.15) is 2.74 Å². The van der Waals surface area contributed by atoms with Crippen LogP contribution in [0.15, 0.2) is 167 Å². The van der Waals surface area contributed by atoms with Gasteiger partial charge in [0.05, 0.1) is 46.5 Å². The fourth-order valence-electron chi connectivity index (χ4n) is 4.50. The molecule has 0 aromatic heterocycles. The molecular formula is C38H33Cl8Na5O20P2S10. The van der Waals surface area contributed by atoms with Crippen LogP contribution in [-0.4, -0.2) is 97.9 Å². The van der Waals surface area contributed by atoms with Crippen molar-refractivity contribution in [3.8, 4) is 0 Å². The molecule has 0 amide bonds. The molecule has 0 aliphatic carbocycles. The van der Waals surface area contributed by atoms with E-state index in [1.165, 1.54) is 60.7 Å². The minimum Gasteiger partial charge on any atom is -1.00 e. The van der Waals surface area contributed by atoms with Crippen molar-refractivity contribution >= 4 is 202 Å². The summed E-state index contributed by atoms with van der Waals surface area (Å²) < 4.78 is 208. The maximum absolute atomic E-state index is 12.4. The summed E-state index contributed by atoms with van der Waals surface area (Å²) >= 11 is 42.4. The van der Waals surface area contributed by atoms with Crippen molar-refractivity contribution in [2.24, 2.45) is 0 Å². The second-order valence-corrected chi connectivity index (χ2v) is 27.8. The van der Waals surface area contributed by atoms with Gasteiger partial charge in [-0.25, -0.2) is 33.7 Å². The quantitative estimate of drug-likeness (QED) is 0.0230. The molecule has 0 bridgehead atoms. The number of sulfone groups is 3. The van der Waals surface area contributed by atoms with Crippen molar-refractivity contribution in [1.82, 2.24) is 0 Å². The topological polar surface area (TPSA) is 378 Å². The van der Waals surface area contributed by atoms with Crippen molar-refractivity contribution < 1.29 is 263 Å². The van der Waals surface area contributed by atoms with Crippen LogP contribution >= 0.6 is 125 Å². The third-order valence-electron chi connectivity index (χ3n) is 7.40. The van der Waals surface area contributed by atoms with E-state index >= 15 is 0 Å². The van der Waals surface area contributed by atoms with Crippen molar-refractivity contribution in [3.05, 3.63) is 164 Å². The van der Waals surface area contributed by atoms with Gasteiger partial charge in [0.2, 0.25) is 19.7 Å². The van der Waals surface area contributed by atoms with Crippen molar-refractivity contribution in [3.63, 3.8) is 0 Å². The largest absolute Gasteiger partial charge is 1.00 e. The van der Waals surface area contributed by atoms with Crippen molar-refractivity contribution in [2.45, 2.75) is 43.5 Å². The first kappa shape index (κ1) is 99.7. The average Bonchev–Trinajstić information content (AvgIpc) is 3.29. The molecule has 0 saturated heterocycles. The molecule has 0 spiro atoms. The van der Waals surface area contributed by atoms with Gasteiger partial charge in [-0.05, 0) is 119 Å². The van der Waals surface area contributed by atoms with E-state index in [2.05, 4.69) is 49.4 Å². The first-order valence-electron chi connectivity index (χ1n) is 19.1. The van der Waals surface area contributed by atoms with Crippen molar-refractivity contribution in [2.75, 3.05) is 0 Å². The van der Waals surface area contributed by atoms with Gasteiger partial charge in [-0.2, -0.15) is 57.8 Å². The Balaban J connectivity index is -0.000000105. The summed E-state index contributed by atoms with van der Waals surface area (Å²) in [5, 5.41) is 1.15. The SMILES string of the molecule is O.O=S(=O)(O)c1cc(S(=O)(=O)c2ccc(Cl)cc2)ccc1Cl.O=S(=O)([O-])c1cc(S(=O)(=O)c2c[c-]c(Cl)cc2)ccc1Cl.O=S(=O)(c1ccc(Cl)cc1)c1ccc(Cl)cc1.O=S(=O)=O.O=S(=O)=O.[2H]C(P)=S.[2H]SC([2H])(P)S.[Cl-].[Cl-].[Na+].[Na+].[Na+].[Na+].[Na+].[OH-]. The first-order valence-corrected chi connectivity index (χ1v) is 31.7. The average molecular weight is 1590 g/mol. The summed E-state index contributed by atoms with van der Waals surface area (Å²) in [7, 11) is -23.0. The fourth-order valence-corrected chi connectivity index (χ4v) is 10.9. The van der Waals surface area contributed by atoms with E-state index in [9.17, 15) is 46.6 Å². The molecule has 0 fully saturated rings. The number of benzene rings is 6. The third-order valence-corrected chi connectivity index (χ3v) is 16.3. The Morgan fingerprint density at radius 1 is 0.566 bits per heavy atom. The van der Waals surface area contributed by atoms with Gasteiger partial charge in [0.1, 0.15) is 16.1 Å². The van der Waals surface area contributed by atoms with Crippen molar-refractivity contribution in [1.29, 1.82) is 1.12 Å². The standard InChI is InChI=1S/C12H8Cl2O5S2.C12H7Cl2O5S2.C12H8Cl2O2S.CH5PS2.CH3PS.2ClH.5Na.2O3S.2H2O/c2*13-8-1-3-9(4-2-8)20(15,16)10-5-6-11(14)12(7-10)21(17,18)19;13-9-1-5-11(6-2-9)17(15,16)12-7-3-10(14)4-8-12;2-1(3)4;2-1-3;;;;;;;;2*1-4(2)3;;/h1-7H,(H,17,18,19);1,3-7H,(H,17,18,19);1-8H;1,3-4H,2H2;1H,2H2;2*1H;;;;;;;;2*1H2/q;-1;;;;;;5*+1;;;;/p-4/i;;;2*1D;;;;;;;;;;;/hD. The minimum absolute atomic E-state index is 0. The molecule has 45 heteroatoms. The van der Waals surface area contributed by atoms with Gasteiger partial charge in [0, 0.05) is 15.1 Å². The summed E-state index contributed by atoms with van der Waals surface area (Å²) in [6.45, 7) is 0. The van der Waals surface area contributed by atoms with Crippen LogP contribution in [-0.2, 0) is 71.0 Å². The fraction of sp³-hybridized carbons (Fsp3) is 0.0263. The molecule has 6 rings (SSSR count). The molecule has 4 N–H and O–H groups in total. The normalized spacial score (nSPS) is 11.0. The zero-order chi connectivity index (χ0) is 60.1. The zero-order valence-electron chi connectivity index (χ0n) is 45.3. The molecular weight excluding hydrogens is 1560 g/mol. The molecule has 6 aromatic carbocycles. The van der Waals surface area contributed by atoms with E-state index in [4.69, 9.17) is 103 Å². The van der Waals surface area contributed by atoms with Crippen LogP contribution in [0.4, 0.5) is 0 Å². The van der Waals surface area contributed by atoms with Gasteiger partial charge in [0.25, 0.3) is 10.1 Å². The Bertz CT molecular complexity index is 3610. The van der Waals surface area contributed by atoms with Crippen LogP contribution in [0.25, 0.3) is 0 Å². The first-order chi connectivity index (χ1) is 35.0. The van der Waals surface area contributed by atoms with E-state index in [0.717, 1.165) is 42.5 Å². The van der Waals surface area contributed by atoms with E-state index < -0.39 is 85.1 Å². The van der Waals surface area contributed by atoms with E-state index in [-0.39, 0.29) is 233 Å². The second kappa shape index (κ2) is 52.5. The smallest absolute Gasteiger partial charge is 1.00 e. The number of halogens is 8. The molecule has 0 saturated carbocycles. The Morgan fingerprint density at radius 2 is 0.795 bits per heavy atom. The number of hydrogen-bond acceptors (Lipinski definition) is 21. The summed E-state index contributed by atoms with van der Waals surface area (Å²) in [5.74, 6) is 0. The summed E-state index contributed by atoms with van der Waals surface area (Å²) in [4.78, 5) is -1.89. The molecule has 0 heterocycles. The van der Waals surface area contributed by atoms with Gasteiger partial charge in [-0.3, -0.25) is 4.55 Å². The number of thiocarbonyl (C=S) groups is 1.